The fourth-order valence-corrected chi connectivity index (χ4v) is 6.61. The molecule has 0 unspecified atom stereocenters. The second kappa shape index (κ2) is 12.4. The minimum Gasteiger partial charge on any atom is -0.492 e. The van der Waals surface area contributed by atoms with E-state index in [4.69, 9.17) is 4.74 Å². The van der Waals surface area contributed by atoms with Gasteiger partial charge in [0.15, 0.2) is 11.0 Å². The first-order chi connectivity index (χ1) is 19.1. The van der Waals surface area contributed by atoms with Crippen LogP contribution in [0.25, 0.3) is 5.69 Å². The summed E-state index contributed by atoms with van der Waals surface area (Å²) in [5.74, 6) is 1.37. The van der Waals surface area contributed by atoms with Crippen LogP contribution >= 0.6 is 23.1 Å². The van der Waals surface area contributed by atoms with E-state index in [1.807, 2.05) is 47.9 Å². The van der Waals surface area contributed by atoms with E-state index in [0.29, 0.717) is 40.4 Å². The van der Waals surface area contributed by atoms with Crippen molar-refractivity contribution < 1.29 is 9.53 Å². The Kier molecular flexibility index (Phi) is 8.49. The molecule has 200 valence electrons. The maximum atomic E-state index is 13.0. The van der Waals surface area contributed by atoms with Crippen LogP contribution in [0.2, 0.25) is 0 Å². The number of amides is 1. The molecule has 4 aromatic rings. The Balaban J connectivity index is 1.36. The highest BCUT2D eigenvalue weighted by Crippen LogP contribution is 2.38. The lowest BCUT2D eigenvalue weighted by Crippen LogP contribution is -2.15. The number of carbonyl (C=O) groups is 1. The fraction of sp³-hybridized carbons (Fsp3) is 0.310. The predicted octanol–water partition coefficient (Wildman–Crippen LogP) is 6.13. The van der Waals surface area contributed by atoms with Crippen LogP contribution in [-0.4, -0.2) is 33.0 Å². The molecular weight excluding hydrogens is 528 g/mol. The van der Waals surface area contributed by atoms with Gasteiger partial charge in [0.05, 0.1) is 30.2 Å². The highest BCUT2D eigenvalue weighted by Gasteiger charge is 2.23. The van der Waals surface area contributed by atoms with Crippen LogP contribution in [0.5, 0.6) is 5.75 Å². The molecule has 0 fully saturated rings. The maximum absolute atomic E-state index is 13.0. The van der Waals surface area contributed by atoms with Gasteiger partial charge in [-0.15, -0.1) is 21.5 Å². The van der Waals surface area contributed by atoms with Gasteiger partial charge < -0.3 is 15.4 Å². The smallest absolute Gasteiger partial charge is 0.235 e. The molecule has 0 aliphatic heterocycles. The molecule has 2 aromatic heterocycles. The molecule has 39 heavy (non-hydrogen) atoms. The van der Waals surface area contributed by atoms with Gasteiger partial charge in [0.1, 0.15) is 16.8 Å². The Morgan fingerprint density at radius 3 is 2.74 bits per heavy atom. The average molecular weight is 559 g/mol. The molecule has 5 rings (SSSR count). The van der Waals surface area contributed by atoms with Crippen LogP contribution in [0.1, 0.15) is 47.2 Å². The van der Waals surface area contributed by atoms with Crippen LogP contribution < -0.4 is 15.4 Å². The number of carbonyl (C=O) groups excluding carboxylic acids is 1. The third-order valence-electron chi connectivity index (χ3n) is 6.48. The average Bonchev–Trinajstić information content (AvgIpc) is 3.52. The number of fused-ring (bicyclic) bond motifs is 1. The third-order valence-corrected chi connectivity index (χ3v) is 8.61. The van der Waals surface area contributed by atoms with E-state index in [2.05, 4.69) is 46.0 Å². The van der Waals surface area contributed by atoms with E-state index >= 15 is 0 Å². The van der Waals surface area contributed by atoms with E-state index < -0.39 is 0 Å². The molecule has 0 saturated heterocycles. The number of thioether (sulfide) groups is 1. The van der Waals surface area contributed by atoms with Gasteiger partial charge in [0, 0.05) is 10.6 Å². The van der Waals surface area contributed by atoms with Gasteiger partial charge in [-0.3, -0.25) is 9.36 Å². The molecule has 0 spiro atoms. The van der Waals surface area contributed by atoms with Gasteiger partial charge in [0.25, 0.3) is 0 Å². The zero-order valence-corrected chi connectivity index (χ0v) is 23.6. The van der Waals surface area contributed by atoms with E-state index in [-0.39, 0.29) is 11.7 Å². The van der Waals surface area contributed by atoms with Gasteiger partial charge in [-0.25, -0.2) is 0 Å². The molecule has 1 aliphatic rings. The molecule has 2 aromatic carbocycles. The SMILES string of the molecule is CCOc1ccccc1-n1c(CNc2ccc(C)cc2)nnc1SCC(=O)Nc1sc2c(c1C#N)CCCC2. The Hall–Kier alpha value is -3.81. The Bertz CT molecular complexity index is 1500. The normalized spacial score (nSPS) is 12.4. The van der Waals surface area contributed by atoms with Gasteiger partial charge in [-0.2, -0.15) is 5.26 Å². The third kappa shape index (κ3) is 6.10. The van der Waals surface area contributed by atoms with Crippen molar-refractivity contribution in [1.82, 2.24) is 14.8 Å². The number of hydrogen-bond donors (Lipinski definition) is 2. The van der Waals surface area contributed by atoms with Crippen molar-refractivity contribution in [2.75, 3.05) is 23.0 Å². The summed E-state index contributed by atoms with van der Waals surface area (Å²) in [6.07, 6.45) is 4.09. The highest BCUT2D eigenvalue weighted by molar-refractivity contribution is 7.99. The molecule has 1 amide bonds. The topological polar surface area (TPSA) is 105 Å². The van der Waals surface area contributed by atoms with Crippen LogP contribution in [0, 0.1) is 18.3 Å². The van der Waals surface area contributed by atoms with Crippen molar-refractivity contribution in [3.05, 3.63) is 75.9 Å². The molecule has 2 N–H and O–H groups in total. The zero-order valence-electron chi connectivity index (χ0n) is 22.0. The number of para-hydroxylation sites is 2. The molecule has 0 atom stereocenters. The van der Waals surface area contributed by atoms with Gasteiger partial charge >= 0.3 is 0 Å². The lowest BCUT2D eigenvalue weighted by atomic mass is 9.96. The Morgan fingerprint density at radius 2 is 1.95 bits per heavy atom. The quantitative estimate of drug-likeness (QED) is 0.226. The minimum absolute atomic E-state index is 0.133. The number of aryl methyl sites for hydroxylation is 2. The lowest BCUT2D eigenvalue weighted by molar-refractivity contribution is -0.113. The van der Waals surface area contributed by atoms with Gasteiger partial charge in [-0.1, -0.05) is 41.6 Å². The fourth-order valence-electron chi connectivity index (χ4n) is 4.59. The second-order valence-electron chi connectivity index (χ2n) is 9.22. The number of nitrogens with one attached hydrogen (secondary N) is 2. The summed E-state index contributed by atoms with van der Waals surface area (Å²) in [4.78, 5) is 14.2. The summed E-state index contributed by atoms with van der Waals surface area (Å²) in [6.45, 7) is 4.96. The monoisotopic (exact) mass is 558 g/mol. The summed E-state index contributed by atoms with van der Waals surface area (Å²) in [5.41, 5.74) is 4.70. The first kappa shape index (κ1) is 26.8. The number of nitriles is 1. The van der Waals surface area contributed by atoms with Gasteiger partial charge in [-0.05, 0) is 69.4 Å². The Labute approximate surface area is 236 Å². The summed E-state index contributed by atoms with van der Waals surface area (Å²) in [7, 11) is 0. The first-order valence-electron chi connectivity index (χ1n) is 13.0. The van der Waals surface area contributed by atoms with Crippen LogP contribution in [0.4, 0.5) is 10.7 Å². The second-order valence-corrected chi connectivity index (χ2v) is 11.3. The van der Waals surface area contributed by atoms with E-state index in [9.17, 15) is 10.1 Å². The molecular formula is C29H30N6O2S2. The molecule has 8 nitrogen and oxygen atoms in total. The van der Waals surface area contributed by atoms with Crippen LogP contribution in [0.3, 0.4) is 0 Å². The van der Waals surface area contributed by atoms with E-state index in [1.54, 1.807) is 0 Å². The minimum atomic E-state index is -0.179. The molecule has 0 radical (unpaired) electrons. The van der Waals surface area contributed by atoms with Crippen LogP contribution in [-0.2, 0) is 24.2 Å². The number of ether oxygens (including phenoxy) is 1. The number of hydrogen-bond acceptors (Lipinski definition) is 8. The molecule has 0 saturated carbocycles. The molecule has 10 heteroatoms. The van der Waals surface area contributed by atoms with Crippen LogP contribution in [0.15, 0.2) is 53.7 Å². The summed E-state index contributed by atoms with van der Waals surface area (Å²) >= 11 is 2.84. The molecule has 2 heterocycles. The summed E-state index contributed by atoms with van der Waals surface area (Å²) < 4.78 is 7.84. The Morgan fingerprint density at radius 1 is 1.15 bits per heavy atom. The van der Waals surface area contributed by atoms with Crippen molar-refractivity contribution in [2.24, 2.45) is 0 Å². The van der Waals surface area contributed by atoms with Crippen molar-refractivity contribution >= 4 is 39.7 Å². The van der Waals surface area contributed by atoms with Crippen molar-refractivity contribution in [2.45, 2.75) is 51.2 Å². The highest BCUT2D eigenvalue weighted by atomic mass is 32.2. The first-order valence-corrected chi connectivity index (χ1v) is 14.8. The van der Waals surface area contributed by atoms with Gasteiger partial charge in [0.2, 0.25) is 5.91 Å². The zero-order chi connectivity index (χ0) is 27.2. The number of rotatable bonds is 10. The number of benzene rings is 2. The summed E-state index contributed by atoms with van der Waals surface area (Å²) in [6, 6.07) is 18.2. The predicted molar refractivity (Wildman–Crippen MR) is 156 cm³/mol. The lowest BCUT2D eigenvalue weighted by Gasteiger charge is -2.15. The van der Waals surface area contributed by atoms with E-state index in [1.165, 1.54) is 33.5 Å². The maximum Gasteiger partial charge on any atom is 0.235 e. The largest absolute Gasteiger partial charge is 0.492 e. The molecule has 0 bridgehead atoms. The van der Waals surface area contributed by atoms with Crippen molar-refractivity contribution in [3.8, 4) is 17.5 Å². The van der Waals surface area contributed by atoms with E-state index in [0.717, 1.165) is 42.6 Å². The van der Waals surface area contributed by atoms with Crippen molar-refractivity contribution in [1.29, 1.82) is 5.26 Å². The number of thiophene rings is 1. The summed E-state index contributed by atoms with van der Waals surface area (Å²) in [5, 5.41) is 26.3. The van der Waals surface area contributed by atoms with Crippen molar-refractivity contribution in [3.63, 3.8) is 0 Å². The standard InChI is InChI=1S/C29H30N6O2S2/c1-3-37-24-10-6-5-9-23(24)35-26(17-31-20-14-12-19(2)13-15-20)33-34-29(35)38-18-27(36)32-28-22(16-30)21-8-4-7-11-25(21)39-28/h5-6,9-10,12-15,31H,3-4,7-8,11,17-18H2,1-2H3,(H,32,36). The number of anilines is 2. The number of nitrogens with zero attached hydrogens (tertiary/aromatic N) is 4. The number of aromatic nitrogens is 3. The molecule has 1 aliphatic carbocycles.